The molecular weight excluding hydrogens is 465 g/mol. The molecule has 156 valence electrons. The molecule has 0 radical (unpaired) electrons. The SMILES string of the molecule is O=C(Oc1ccc([N+](=O)[O-])cc1)C1=c2cc(Cl)ccc2=NCN1c1ccc(Cl)c(Cl)c1. The summed E-state index contributed by atoms with van der Waals surface area (Å²) in [6, 6.07) is 15.2. The zero-order chi connectivity index (χ0) is 22.1. The topological polar surface area (TPSA) is 85.0 Å². The summed E-state index contributed by atoms with van der Waals surface area (Å²) in [5.41, 5.74) is 0.669. The van der Waals surface area contributed by atoms with E-state index in [1.165, 1.54) is 24.3 Å². The Morgan fingerprint density at radius 3 is 2.42 bits per heavy atom. The highest BCUT2D eigenvalue weighted by molar-refractivity contribution is 6.42. The molecule has 3 aromatic rings. The Kier molecular flexibility index (Phi) is 5.82. The molecule has 4 rings (SSSR count). The standard InChI is InChI=1S/C21H12Cl3N3O4/c22-12-1-8-19-16(9-12)20(21(28)31-15-5-2-13(3-6-15)27(29)30)26(11-25-19)14-4-7-17(23)18(24)10-14/h1-10H,11H2. The third kappa shape index (κ3) is 4.34. The van der Waals surface area contributed by atoms with Crippen LogP contribution in [0.25, 0.3) is 5.70 Å². The molecule has 0 saturated heterocycles. The van der Waals surface area contributed by atoms with Crippen LogP contribution in [0.4, 0.5) is 11.4 Å². The Labute approximate surface area is 190 Å². The zero-order valence-corrected chi connectivity index (χ0v) is 17.9. The lowest BCUT2D eigenvalue weighted by atomic mass is 10.1. The monoisotopic (exact) mass is 475 g/mol. The van der Waals surface area contributed by atoms with Crippen molar-refractivity contribution in [2.75, 3.05) is 11.6 Å². The van der Waals surface area contributed by atoms with E-state index in [1.807, 2.05) is 0 Å². The minimum absolute atomic E-state index is 0.113. The third-order valence-corrected chi connectivity index (χ3v) is 5.51. The molecule has 0 aromatic heterocycles. The fraction of sp³-hybridized carbons (Fsp3) is 0.0476. The summed E-state index contributed by atoms with van der Waals surface area (Å²) in [5.74, 6) is -0.526. The molecule has 0 amide bonds. The van der Waals surface area contributed by atoms with Crippen molar-refractivity contribution < 1.29 is 14.5 Å². The van der Waals surface area contributed by atoms with Crippen molar-refractivity contribution in [3.8, 4) is 5.75 Å². The van der Waals surface area contributed by atoms with Gasteiger partial charge in [-0.3, -0.25) is 15.1 Å². The number of carbonyl (C=O) groups is 1. The van der Waals surface area contributed by atoms with E-state index in [-0.39, 0.29) is 23.8 Å². The maximum atomic E-state index is 13.2. The van der Waals surface area contributed by atoms with Gasteiger partial charge < -0.3 is 9.64 Å². The van der Waals surface area contributed by atoms with E-state index < -0.39 is 10.9 Å². The Morgan fingerprint density at radius 2 is 1.74 bits per heavy atom. The smallest absolute Gasteiger partial charge is 0.361 e. The second-order valence-corrected chi connectivity index (χ2v) is 7.73. The van der Waals surface area contributed by atoms with Gasteiger partial charge in [0, 0.05) is 28.1 Å². The molecule has 0 saturated carbocycles. The van der Waals surface area contributed by atoms with Gasteiger partial charge in [-0.1, -0.05) is 34.8 Å². The number of hydrogen-bond donors (Lipinski definition) is 0. The van der Waals surface area contributed by atoms with Crippen LogP contribution >= 0.6 is 34.8 Å². The Bertz CT molecular complexity index is 1330. The van der Waals surface area contributed by atoms with Crippen LogP contribution in [-0.4, -0.2) is 17.6 Å². The van der Waals surface area contributed by atoms with E-state index in [0.717, 1.165) is 0 Å². The first-order valence-corrected chi connectivity index (χ1v) is 10.0. The summed E-state index contributed by atoms with van der Waals surface area (Å²) in [6.07, 6.45) is 0. The number of nitro benzene ring substituents is 1. The van der Waals surface area contributed by atoms with Crippen molar-refractivity contribution in [2.45, 2.75) is 0 Å². The van der Waals surface area contributed by atoms with Crippen molar-refractivity contribution in [3.63, 3.8) is 0 Å². The lowest BCUT2D eigenvalue weighted by Crippen LogP contribution is -2.44. The number of nitro groups is 1. The van der Waals surface area contributed by atoms with E-state index in [0.29, 0.717) is 31.3 Å². The number of fused-ring (bicyclic) bond motifs is 1. The number of anilines is 1. The van der Waals surface area contributed by atoms with Gasteiger partial charge in [-0.2, -0.15) is 0 Å². The van der Waals surface area contributed by atoms with Gasteiger partial charge in [0.2, 0.25) is 0 Å². The minimum atomic E-state index is -0.682. The summed E-state index contributed by atoms with van der Waals surface area (Å²) >= 11 is 18.4. The van der Waals surface area contributed by atoms with E-state index in [2.05, 4.69) is 4.99 Å². The van der Waals surface area contributed by atoms with E-state index in [1.54, 1.807) is 41.3 Å². The molecule has 0 fully saturated rings. The first-order chi connectivity index (χ1) is 14.8. The largest absolute Gasteiger partial charge is 0.422 e. The van der Waals surface area contributed by atoms with Gasteiger partial charge in [-0.25, -0.2) is 4.79 Å². The van der Waals surface area contributed by atoms with Gasteiger partial charge in [0.05, 0.1) is 20.3 Å². The van der Waals surface area contributed by atoms with Crippen LogP contribution in [0.2, 0.25) is 15.1 Å². The molecule has 1 heterocycles. The van der Waals surface area contributed by atoms with Gasteiger partial charge in [-0.05, 0) is 48.5 Å². The average Bonchev–Trinajstić information content (AvgIpc) is 2.75. The molecule has 0 bridgehead atoms. The second-order valence-electron chi connectivity index (χ2n) is 6.48. The number of esters is 1. The molecule has 0 aliphatic carbocycles. The van der Waals surface area contributed by atoms with E-state index in [9.17, 15) is 14.9 Å². The Hall–Kier alpha value is -3.13. The van der Waals surface area contributed by atoms with Gasteiger partial charge >= 0.3 is 5.97 Å². The number of carbonyl (C=O) groups excluding carboxylic acids is 1. The van der Waals surface area contributed by atoms with Crippen molar-refractivity contribution >= 4 is 57.8 Å². The van der Waals surface area contributed by atoms with Crippen molar-refractivity contribution in [1.29, 1.82) is 0 Å². The fourth-order valence-electron chi connectivity index (χ4n) is 3.07. The molecule has 31 heavy (non-hydrogen) atoms. The molecule has 1 aliphatic heterocycles. The number of ether oxygens (including phenoxy) is 1. The second kappa shape index (κ2) is 8.55. The van der Waals surface area contributed by atoms with Crippen LogP contribution in [-0.2, 0) is 4.79 Å². The van der Waals surface area contributed by atoms with Crippen molar-refractivity contribution in [2.24, 2.45) is 4.99 Å². The van der Waals surface area contributed by atoms with Crippen LogP contribution in [0.3, 0.4) is 0 Å². The van der Waals surface area contributed by atoms with Gasteiger partial charge in [-0.15, -0.1) is 0 Å². The number of nitrogens with zero attached hydrogens (tertiary/aromatic N) is 3. The highest BCUT2D eigenvalue weighted by atomic mass is 35.5. The molecular formula is C21H12Cl3N3O4. The van der Waals surface area contributed by atoms with Crippen LogP contribution in [0.5, 0.6) is 5.75 Å². The van der Waals surface area contributed by atoms with Crippen LogP contribution in [0.15, 0.2) is 65.7 Å². The minimum Gasteiger partial charge on any atom is -0.422 e. The predicted molar refractivity (Wildman–Crippen MR) is 118 cm³/mol. The Balaban J connectivity index is 1.80. The number of benzene rings is 3. The molecule has 0 N–H and O–H groups in total. The van der Waals surface area contributed by atoms with Crippen LogP contribution < -0.4 is 20.2 Å². The highest BCUT2D eigenvalue weighted by Gasteiger charge is 2.26. The van der Waals surface area contributed by atoms with Gasteiger partial charge in [0.15, 0.2) is 0 Å². The maximum absolute atomic E-state index is 13.2. The summed E-state index contributed by atoms with van der Waals surface area (Å²) in [4.78, 5) is 29.7. The van der Waals surface area contributed by atoms with Crippen LogP contribution in [0.1, 0.15) is 0 Å². The number of rotatable bonds is 4. The molecule has 0 spiro atoms. The zero-order valence-electron chi connectivity index (χ0n) is 15.6. The fourth-order valence-corrected chi connectivity index (χ4v) is 3.54. The van der Waals surface area contributed by atoms with Crippen molar-refractivity contribution in [1.82, 2.24) is 0 Å². The summed E-state index contributed by atoms with van der Waals surface area (Å²) in [5, 5.41) is 13.0. The van der Waals surface area contributed by atoms with Crippen LogP contribution in [0, 0.1) is 10.1 Å². The summed E-state index contributed by atoms with van der Waals surface area (Å²) < 4.78 is 5.51. The number of hydrogen-bond acceptors (Lipinski definition) is 6. The lowest BCUT2D eigenvalue weighted by molar-refractivity contribution is -0.384. The van der Waals surface area contributed by atoms with E-state index in [4.69, 9.17) is 39.5 Å². The maximum Gasteiger partial charge on any atom is 0.361 e. The van der Waals surface area contributed by atoms with Gasteiger partial charge in [0.25, 0.3) is 5.69 Å². The normalized spacial score (nSPS) is 12.7. The third-order valence-electron chi connectivity index (χ3n) is 4.53. The summed E-state index contributed by atoms with van der Waals surface area (Å²) in [6.45, 7) is 0.136. The molecule has 10 heteroatoms. The molecule has 3 aromatic carbocycles. The molecule has 7 nitrogen and oxygen atoms in total. The number of halogens is 3. The number of non-ortho nitro benzene ring substituents is 1. The molecule has 0 atom stereocenters. The first-order valence-electron chi connectivity index (χ1n) is 8.87. The lowest BCUT2D eigenvalue weighted by Gasteiger charge is -2.27. The molecule has 0 unspecified atom stereocenters. The van der Waals surface area contributed by atoms with Crippen molar-refractivity contribution in [3.05, 3.63) is 96.4 Å². The predicted octanol–water partition coefficient (Wildman–Crippen LogP) is 4.37. The first kappa shape index (κ1) is 21.1. The quantitative estimate of drug-likeness (QED) is 0.242. The highest BCUT2D eigenvalue weighted by Crippen LogP contribution is 2.30. The summed E-state index contributed by atoms with van der Waals surface area (Å²) in [7, 11) is 0. The van der Waals surface area contributed by atoms with E-state index >= 15 is 0 Å². The Morgan fingerprint density at radius 1 is 1.00 bits per heavy atom. The molecule has 1 aliphatic rings. The van der Waals surface area contributed by atoms with Gasteiger partial charge in [0.1, 0.15) is 18.1 Å². The average molecular weight is 477 g/mol.